The van der Waals surface area contributed by atoms with E-state index in [1.165, 1.54) is 0 Å². The third-order valence-electron chi connectivity index (χ3n) is 3.96. The number of benzene rings is 2. The molecule has 3 rings (SSSR count). The topological polar surface area (TPSA) is 79.0 Å². The fourth-order valence-corrected chi connectivity index (χ4v) is 2.94. The Morgan fingerprint density at radius 2 is 2.00 bits per heavy atom. The molecule has 5 nitrogen and oxygen atoms in total. The maximum absolute atomic E-state index is 11.5. The Bertz CT molecular complexity index is 778. The molecule has 110 valence electrons. The van der Waals surface area contributed by atoms with Crippen LogP contribution in [-0.4, -0.2) is 4.92 Å². The van der Waals surface area contributed by atoms with E-state index in [0.29, 0.717) is 16.9 Å². The van der Waals surface area contributed by atoms with Crippen molar-refractivity contribution in [3.63, 3.8) is 0 Å². The van der Waals surface area contributed by atoms with E-state index in [1.807, 2.05) is 6.07 Å². The van der Waals surface area contributed by atoms with Gasteiger partial charge in [-0.05, 0) is 55.5 Å². The normalized spacial score (nSPS) is 13.0. The lowest BCUT2D eigenvalue weighted by atomic mass is 9.90. The number of nitriles is 1. The van der Waals surface area contributed by atoms with Gasteiger partial charge in [0.2, 0.25) is 0 Å². The van der Waals surface area contributed by atoms with E-state index in [0.717, 1.165) is 36.8 Å². The van der Waals surface area contributed by atoms with Crippen LogP contribution in [0.1, 0.15) is 29.5 Å². The summed E-state index contributed by atoms with van der Waals surface area (Å²) >= 11 is 0. The summed E-state index contributed by atoms with van der Waals surface area (Å²) in [6.07, 6.45) is 3.72. The van der Waals surface area contributed by atoms with E-state index in [4.69, 9.17) is 5.26 Å². The van der Waals surface area contributed by atoms with Crippen LogP contribution in [0.4, 0.5) is 17.1 Å². The van der Waals surface area contributed by atoms with Crippen LogP contribution < -0.4 is 5.32 Å². The van der Waals surface area contributed by atoms with Crippen molar-refractivity contribution >= 4 is 17.1 Å². The standard InChI is InChI=1S/C17H15N3O2/c18-11-12-4-3-6-14(10-12)19-16-9-8-13-5-1-2-7-15(13)17(16)20(21)22/h3-4,6,8-10,19H,1-2,5,7H2. The SMILES string of the molecule is N#Cc1cccc(Nc2ccc3c(c2[N+](=O)[O-])CCCC3)c1. The number of nitrogens with one attached hydrogen (secondary N) is 1. The molecule has 0 radical (unpaired) electrons. The number of nitro benzene ring substituents is 1. The highest BCUT2D eigenvalue weighted by atomic mass is 16.6. The van der Waals surface area contributed by atoms with Crippen molar-refractivity contribution in [3.05, 3.63) is 63.2 Å². The zero-order valence-corrected chi connectivity index (χ0v) is 12.0. The van der Waals surface area contributed by atoms with E-state index in [2.05, 4.69) is 11.4 Å². The molecule has 0 fully saturated rings. The summed E-state index contributed by atoms with van der Waals surface area (Å²) in [5.41, 5.74) is 3.77. The lowest BCUT2D eigenvalue weighted by Crippen LogP contribution is -2.08. The molecule has 0 atom stereocenters. The second kappa shape index (κ2) is 5.86. The van der Waals surface area contributed by atoms with Gasteiger partial charge in [0.1, 0.15) is 5.69 Å². The molecule has 0 aromatic heterocycles. The summed E-state index contributed by atoms with van der Waals surface area (Å²) in [6, 6.07) is 12.7. The van der Waals surface area contributed by atoms with Crippen molar-refractivity contribution in [2.45, 2.75) is 25.7 Å². The Labute approximate surface area is 128 Å². The second-order valence-electron chi connectivity index (χ2n) is 5.38. The third kappa shape index (κ3) is 2.63. The first-order valence-corrected chi connectivity index (χ1v) is 7.25. The quantitative estimate of drug-likeness (QED) is 0.683. The number of hydrogen-bond acceptors (Lipinski definition) is 4. The van der Waals surface area contributed by atoms with Crippen LogP contribution in [0, 0.1) is 21.4 Å². The van der Waals surface area contributed by atoms with E-state index < -0.39 is 0 Å². The number of nitro groups is 1. The van der Waals surface area contributed by atoms with Crippen molar-refractivity contribution in [2.24, 2.45) is 0 Å². The van der Waals surface area contributed by atoms with Crippen LogP contribution >= 0.6 is 0 Å². The minimum Gasteiger partial charge on any atom is -0.350 e. The van der Waals surface area contributed by atoms with Crippen LogP contribution in [0.25, 0.3) is 0 Å². The summed E-state index contributed by atoms with van der Waals surface area (Å²) in [5.74, 6) is 0. The molecule has 0 amide bonds. The van der Waals surface area contributed by atoms with E-state index in [1.54, 1.807) is 30.3 Å². The summed E-state index contributed by atoms with van der Waals surface area (Å²) in [6.45, 7) is 0. The molecule has 0 aliphatic heterocycles. The zero-order valence-electron chi connectivity index (χ0n) is 12.0. The van der Waals surface area contributed by atoms with Crippen molar-refractivity contribution in [2.75, 3.05) is 5.32 Å². The number of fused-ring (bicyclic) bond motifs is 1. The fourth-order valence-electron chi connectivity index (χ4n) is 2.94. The Kier molecular flexibility index (Phi) is 3.75. The maximum Gasteiger partial charge on any atom is 0.296 e. The van der Waals surface area contributed by atoms with E-state index in [-0.39, 0.29) is 10.6 Å². The smallest absolute Gasteiger partial charge is 0.296 e. The number of nitrogens with zero attached hydrogens (tertiary/aromatic N) is 2. The van der Waals surface area contributed by atoms with Gasteiger partial charge in [0.25, 0.3) is 5.69 Å². The molecule has 1 aliphatic carbocycles. The molecule has 22 heavy (non-hydrogen) atoms. The molecule has 2 aromatic carbocycles. The Balaban J connectivity index is 2.03. The molecule has 0 unspecified atom stereocenters. The minimum atomic E-state index is -0.305. The maximum atomic E-state index is 11.5. The van der Waals surface area contributed by atoms with Gasteiger partial charge in [-0.15, -0.1) is 0 Å². The molecular formula is C17H15N3O2. The number of rotatable bonds is 3. The molecule has 0 saturated heterocycles. The van der Waals surface area contributed by atoms with Gasteiger partial charge < -0.3 is 5.32 Å². The van der Waals surface area contributed by atoms with Crippen LogP contribution in [0.5, 0.6) is 0 Å². The van der Waals surface area contributed by atoms with Crippen LogP contribution in [0.3, 0.4) is 0 Å². The molecule has 0 saturated carbocycles. The molecule has 0 heterocycles. The zero-order chi connectivity index (χ0) is 15.5. The first kappa shape index (κ1) is 14.1. The van der Waals surface area contributed by atoms with Gasteiger partial charge in [-0.25, -0.2) is 0 Å². The highest BCUT2D eigenvalue weighted by Gasteiger charge is 2.24. The highest BCUT2D eigenvalue weighted by molar-refractivity contribution is 5.73. The van der Waals surface area contributed by atoms with Crippen molar-refractivity contribution in [1.82, 2.24) is 0 Å². The Hall–Kier alpha value is -2.87. The highest BCUT2D eigenvalue weighted by Crippen LogP contribution is 2.37. The van der Waals surface area contributed by atoms with Gasteiger partial charge in [0, 0.05) is 11.3 Å². The van der Waals surface area contributed by atoms with E-state index >= 15 is 0 Å². The van der Waals surface area contributed by atoms with Crippen LogP contribution in [0.2, 0.25) is 0 Å². The predicted molar refractivity (Wildman–Crippen MR) is 84.2 cm³/mol. The summed E-state index contributed by atoms with van der Waals surface area (Å²) < 4.78 is 0. The molecule has 5 heteroatoms. The van der Waals surface area contributed by atoms with Crippen molar-refractivity contribution in [3.8, 4) is 6.07 Å². The lowest BCUT2D eigenvalue weighted by Gasteiger charge is -2.18. The van der Waals surface area contributed by atoms with Gasteiger partial charge in [-0.1, -0.05) is 12.1 Å². The molecular weight excluding hydrogens is 278 g/mol. The third-order valence-corrected chi connectivity index (χ3v) is 3.96. The first-order chi connectivity index (χ1) is 10.7. The largest absolute Gasteiger partial charge is 0.350 e. The summed E-state index contributed by atoms with van der Waals surface area (Å²) in [7, 11) is 0. The summed E-state index contributed by atoms with van der Waals surface area (Å²) in [4.78, 5) is 11.2. The molecule has 1 aliphatic rings. The predicted octanol–water partition coefficient (Wildman–Crippen LogP) is 4.09. The lowest BCUT2D eigenvalue weighted by molar-refractivity contribution is -0.384. The molecule has 0 bridgehead atoms. The second-order valence-corrected chi connectivity index (χ2v) is 5.38. The number of anilines is 2. The van der Waals surface area contributed by atoms with Gasteiger partial charge in [0.05, 0.1) is 16.6 Å². The van der Waals surface area contributed by atoms with Gasteiger partial charge in [-0.3, -0.25) is 10.1 Å². The number of aryl methyl sites for hydroxylation is 1. The fraction of sp³-hybridized carbons (Fsp3) is 0.235. The Morgan fingerprint density at radius 3 is 2.77 bits per heavy atom. The average molecular weight is 293 g/mol. The molecule has 0 spiro atoms. The summed E-state index contributed by atoms with van der Waals surface area (Å²) in [5, 5.41) is 23.5. The first-order valence-electron chi connectivity index (χ1n) is 7.25. The van der Waals surface area contributed by atoms with Gasteiger partial charge >= 0.3 is 0 Å². The van der Waals surface area contributed by atoms with Crippen molar-refractivity contribution in [1.29, 1.82) is 5.26 Å². The monoisotopic (exact) mass is 293 g/mol. The van der Waals surface area contributed by atoms with Gasteiger partial charge in [-0.2, -0.15) is 5.26 Å². The minimum absolute atomic E-state index is 0.166. The molecule has 1 N–H and O–H groups in total. The van der Waals surface area contributed by atoms with Crippen LogP contribution in [-0.2, 0) is 12.8 Å². The van der Waals surface area contributed by atoms with Crippen molar-refractivity contribution < 1.29 is 4.92 Å². The number of hydrogen-bond donors (Lipinski definition) is 1. The average Bonchev–Trinajstić information content (AvgIpc) is 2.54. The molecule has 2 aromatic rings. The van der Waals surface area contributed by atoms with Crippen LogP contribution in [0.15, 0.2) is 36.4 Å². The van der Waals surface area contributed by atoms with Gasteiger partial charge in [0.15, 0.2) is 0 Å². The Morgan fingerprint density at radius 1 is 1.18 bits per heavy atom. The van der Waals surface area contributed by atoms with E-state index in [9.17, 15) is 10.1 Å².